The molecule has 0 bridgehead atoms. The number of nitrogens with one attached hydrogen (secondary N) is 1. The van der Waals surface area contributed by atoms with Crippen LogP contribution in [0.1, 0.15) is 24.2 Å². The number of esters is 1. The number of aliphatic hydroxyl groups is 1. The zero-order valence-electron chi connectivity index (χ0n) is 9.36. The topological polar surface area (TPSA) is 58.6 Å². The fourth-order valence-corrected chi connectivity index (χ4v) is 1.12. The lowest BCUT2D eigenvalue weighted by Crippen LogP contribution is -2.04. The van der Waals surface area contributed by atoms with Crippen molar-refractivity contribution in [2.24, 2.45) is 0 Å². The quantitative estimate of drug-likeness (QED) is 0.606. The van der Waals surface area contributed by atoms with Crippen LogP contribution in [0, 0.1) is 0 Å². The summed E-state index contributed by atoms with van der Waals surface area (Å²) in [4.78, 5) is 11.3. The number of rotatable bonds is 4. The summed E-state index contributed by atoms with van der Waals surface area (Å²) in [7, 11) is 0. The van der Waals surface area contributed by atoms with E-state index in [1.807, 2.05) is 0 Å². The Morgan fingerprint density at radius 2 is 2.06 bits per heavy atom. The lowest BCUT2D eigenvalue weighted by Gasteiger charge is -2.05. The van der Waals surface area contributed by atoms with E-state index in [2.05, 4.69) is 5.32 Å². The number of carbonyl (C=O) groups is 1. The summed E-state index contributed by atoms with van der Waals surface area (Å²) in [6.45, 7) is 3.84. The Labute approximate surface area is 94.6 Å². The second kappa shape index (κ2) is 5.80. The maximum Gasteiger partial charge on any atom is 0.338 e. The van der Waals surface area contributed by atoms with Crippen LogP contribution in [0.4, 0.5) is 5.69 Å². The number of hydrogen-bond acceptors (Lipinski definition) is 4. The first-order valence-electron chi connectivity index (χ1n) is 5.07. The molecule has 1 rings (SSSR count). The minimum atomic E-state index is -0.343. The minimum Gasteiger partial charge on any atom is -0.495 e. The molecule has 0 saturated carbocycles. The third kappa shape index (κ3) is 3.31. The highest BCUT2D eigenvalue weighted by Gasteiger charge is 2.05. The summed E-state index contributed by atoms with van der Waals surface area (Å²) in [6.07, 6.45) is 1.54. The van der Waals surface area contributed by atoms with Gasteiger partial charge in [0.1, 0.15) is 0 Å². The van der Waals surface area contributed by atoms with Crippen LogP contribution in [0.3, 0.4) is 0 Å². The van der Waals surface area contributed by atoms with Gasteiger partial charge in [-0.25, -0.2) is 4.79 Å². The van der Waals surface area contributed by atoms with Gasteiger partial charge in [-0.1, -0.05) is 0 Å². The molecule has 1 aromatic rings. The zero-order valence-corrected chi connectivity index (χ0v) is 9.36. The van der Waals surface area contributed by atoms with Crippen molar-refractivity contribution in [3.8, 4) is 0 Å². The zero-order chi connectivity index (χ0) is 12.0. The average molecular weight is 221 g/mol. The number of hydrogen-bond donors (Lipinski definition) is 2. The van der Waals surface area contributed by atoms with Crippen LogP contribution in [-0.4, -0.2) is 17.7 Å². The molecule has 0 saturated heterocycles. The van der Waals surface area contributed by atoms with E-state index in [0.717, 1.165) is 0 Å². The Kier molecular flexibility index (Phi) is 4.39. The van der Waals surface area contributed by atoms with Crippen LogP contribution in [0.5, 0.6) is 0 Å². The number of anilines is 1. The third-order valence-electron chi connectivity index (χ3n) is 1.94. The monoisotopic (exact) mass is 221 g/mol. The Morgan fingerprint density at radius 3 is 2.56 bits per heavy atom. The molecule has 86 valence electrons. The predicted molar refractivity (Wildman–Crippen MR) is 62.4 cm³/mol. The average Bonchev–Trinajstić information content (AvgIpc) is 2.30. The number of carbonyl (C=O) groups excluding carboxylic acids is 1. The highest BCUT2D eigenvalue weighted by atomic mass is 16.5. The van der Waals surface area contributed by atoms with E-state index in [9.17, 15) is 9.90 Å². The first-order chi connectivity index (χ1) is 7.67. The maximum atomic E-state index is 11.3. The van der Waals surface area contributed by atoms with Crippen molar-refractivity contribution in [2.45, 2.75) is 13.8 Å². The molecule has 0 heterocycles. The minimum absolute atomic E-state index is 0.0730. The van der Waals surface area contributed by atoms with E-state index in [0.29, 0.717) is 17.9 Å². The summed E-state index contributed by atoms with van der Waals surface area (Å²) in [5, 5.41) is 12.0. The van der Waals surface area contributed by atoms with Crippen LogP contribution in [-0.2, 0) is 4.74 Å². The molecule has 0 radical (unpaired) electrons. The number of benzene rings is 1. The second-order valence-electron chi connectivity index (χ2n) is 3.10. The Morgan fingerprint density at radius 1 is 1.44 bits per heavy atom. The highest BCUT2D eigenvalue weighted by molar-refractivity contribution is 5.89. The third-order valence-corrected chi connectivity index (χ3v) is 1.94. The van der Waals surface area contributed by atoms with Crippen LogP contribution in [0.2, 0.25) is 0 Å². The number of allylic oxidation sites excluding steroid dienone is 1. The van der Waals surface area contributed by atoms with Gasteiger partial charge in [-0.3, -0.25) is 0 Å². The molecule has 0 amide bonds. The fourth-order valence-electron chi connectivity index (χ4n) is 1.12. The normalized spacial score (nSPS) is 11.0. The van der Waals surface area contributed by atoms with Gasteiger partial charge in [0.15, 0.2) is 5.88 Å². The van der Waals surface area contributed by atoms with Crippen molar-refractivity contribution in [3.63, 3.8) is 0 Å². The van der Waals surface area contributed by atoms with Gasteiger partial charge in [-0.15, -0.1) is 0 Å². The smallest absolute Gasteiger partial charge is 0.338 e. The lowest BCUT2D eigenvalue weighted by atomic mass is 10.2. The molecule has 16 heavy (non-hydrogen) atoms. The van der Waals surface area contributed by atoms with E-state index >= 15 is 0 Å². The van der Waals surface area contributed by atoms with Gasteiger partial charge >= 0.3 is 5.97 Å². The van der Waals surface area contributed by atoms with Gasteiger partial charge in [0, 0.05) is 5.69 Å². The molecule has 0 aliphatic carbocycles. The summed E-state index contributed by atoms with van der Waals surface area (Å²) in [5.41, 5.74) is 1.20. The molecule has 1 aromatic carbocycles. The summed E-state index contributed by atoms with van der Waals surface area (Å²) in [6, 6.07) is 6.68. The Hall–Kier alpha value is -1.97. The second-order valence-corrected chi connectivity index (χ2v) is 3.10. The molecule has 0 fully saturated rings. The largest absolute Gasteiger partial charge is 0.495 e. The van der Waals surface area contributed by atoms with Gasteiger partial charge in [0.25, 0.3) is 0 Å². The number of aliphatic hydroxyl groups excluding tert-OH is 1. The van der Waals surface area contributed by atoms with Crippen molar-refractivity contribution in [2.75, 3.05) is 11.9 Å². The van der Waals surface area contributed by atoms with Crippen LogP contribution in [0.25, 0.3) is 0 Å². The molecule has 0 spiro atoms. The molecular formula is C12H15NO3. The van der Waals surface area contributed by atoms with Gasteiger partial charge in [0.2, 0.25) is 0 Å². The van der Waals surface area contributed by atoms with Crippen molar-refractivity contribution in [1.29, 1.82) is 0 Å². The van der Waals surface area contributed by atoms with Crippen molar-refractivity contribution in [1.82, 2.24) is 0 Å². The molecule has 4 nitrogen and oxygen atoms in total. The molecular weight excluding hydrogens is 206 g/mol. The highest BCUT2D eigenvalue weighted by Crippen LogP contribution is 2.11. The first-order valence-corrected chi connectivity index (χ1v) is 5.07. The molecule has 0 aromatic heterocycles. The van der Waals surface area contributed by atoms with E-state index in [1.54, 1.807) is 44.2 Å². The van der Waals surface area contributed by atoms with Crippen LogP contribution in [0.15, 0.2) is 36.2 Å². The van der Waals surface area contributed by atoms with Gasteiger partial charge in [-0.05, 0) is 44.2 Å². The van der Waals surface area contributed by atoms with Gasteiger partial charge in [0.05, 0.1) is 12.2 Å². The molecule has 0 atom stereocenters. The number of ether oxygens (including phenoxy) is 1. The van der Waals surface area contributed by atoms with E-state index in [1.165, 1.54) is 0 Å². The standard InChI is InChI=1S/C12H15NO3/c1-3-11(14)13-10-7-5-9(6-8-10)12(15)16-4-2/h3,5-8,13-14H,4H2,1-2H3/b11-3-. The Balaban J connectivity index is 2.71. The van der Waals surface area contributed by atoms with Gasteiger partial charge < -0.3 is 15.2 Å². The SMILES string of the molecule is C/C=C(\O)Nc1ccc(C(=O)OCC)cc1. The van der Waals surface area contributed by atoms with Gasteiger partial charge in [-0.2, -0.15) is 0 Å². The van der Waals surface area contributed by atoms with E-state index < -0.39 is 0 Å². The molecule has 0 aliphatic heterocycles. The van der Waals surface area contributed by atoms with Crippen molar-refractivity contribution >= 4 is 11.7 Å². The van der Waals surface area contributed by atoms with Crippen LogP contribution >= 0.6 is 0 Å². The molecule has 2 N–H and O–H groups in total. The van der Waals surface area contributed by atoms with E-state index in [4.69, 9.17) is 4.74 Å². The molecule has 0 aliphatic rings. The van der Waals surface area contributed by atoms with Crippen molar-refractivity contribution < 1.29 is 14.6 Å². The first kappa shape index (κ1) is 12.1. The lowest BCUT2D eigenvalue weighted by molar-refractivity contribution is 0.0526. The summed E-state index contributed by atoms with van der Waals surface area (Å²) < 4.78 is 4.85. The fraction of sp³-hybridized carbons (Fsp3) is 0.250. The summed E-state index contributed by atoms with van der Waals surface area (Å²) >= 11 is 0. The summed E-state index contributed by atoms with van der Waals surface area (Å²) in [5.74, 6) is -0.270. The predicted octanol–water partition coefficient (Wildman–Crippen LogP) is 2.69. The maximum absolute atomic E-state index is 11.3. The van der Waals surface area contributed by atoms with E-state index in [-0.39, 0.29) is 11.9 Å². The molecule has 4 heteroatoms. The Bertz CT molecular complexity index is 382. The van der Waals surface area contributed by atoms with Crippen molar-refractivity contribution in [3.05, 3.63) is 41.8 Å². The molecule has 0 unspecified atom stereocenters. The van der Waals surface area contributed by atoms with Crippen LogP contribution < -0.4 is 5.32 Å².